The van der Waals surface area contributed by atoms with Crippen LogP contribution in [-0.4, -0.2) is 23.5 Å². The Morgan fingerprint density at radius 2 is 2.44 bits per heavy atom. The molecule has 0 bridgehead atoms. The molecule has 0 saturated carbocycles. The zero-order valence-electron chi connectivity index (χ0n) is 9.49. The average molecular weight is 219 g/mol. The molecular formula is C12H17N3O. The molecule has 1 aromatic rings. The van der Waals surface area contributed by atoms with Crippen LogP contribution in [0.5, 0.6) is 0 Å². The molecule has 2 rings (SSSR count). The monoisotopic (exact) mass is 219 g/mol. The molecule has 1 amide bonds. The third-order valence-corrected chi connectivity index (χ3v) is 2.90. The van der Waals surface area contributed by atoms with Gasteiger partial charge in [0.25, 0.3) is 0 Å². The summed E-state index contributed by atoms with van der Waals surface area (Å²) in [6.45, 7) is 2.88. The number of aromatic nitrogens is 1. The number of hydrogen-bond donors (Lipinski definition) is 2. The molecule has 1 aliphatic heterocycles. The maximum atomic E-state index is 11.9. The Hall–Kier alpha value is -1.42. The smallest absolute Gasteiger partial charge is 0.241 e. The summed E-state index contributed by atoms with van der Waals surface area (Å²) in [6.07, 6.45) is 6.66. The van der Waals surface area contributed by atoms with Crippen LogP contribution in [0.25, 0.3) is 0 Å². The van der Waals surface area contributed by atoms with Crippen LogP contribution in [0.4, 0.5) is 5.69 Å². The fourth-order valence-electron chi connectivity index (χ4n) is 1.91. The Morgan fingerprint density at radius 1 is 1.56 bits per heavy atom. The molecule has 2 heterocycles. The maximum Gasteiger partial charge on any atom is 0.241 e. The lowest BCUT2D eigenvalue weighted by Gasteiger charge is -2.22. The Labute approximate surface area is 95.5 Å². The van der Waals surface area contributed by atoms with E-state index in [1.807, 2.05) is 13.0 Å². The van der Waals surface area contributed by atoms with Gasteiger partial charge in [-0.05, 0) is 37.9 Å². The van der Waals surface area contributed by atoms with Crippen LogP contribution in [-0.2, 0) is 4.79 Å². The van der Waals surface area contributed by atoms with Crippen LogP contribution in [0.3, 0.4) is 0 Å². The molecule has 2 N–H and O–H groups in total. The number of nitrogens with zero attached hydrogens (tertiary/aromatic N) is 1. The van der Waals surface area contributed by atoms with Crippen LogP contribution in [0.1, 0.15) is 24.8 Å². The number of carbonyl (C=O) groups is 1. The summed E-state index contributed by atoms with van der Waals surface area (Å²) in [5.74, 6) is 0.0639. The molecule has 0 aromatic carbocycles. The van der Waals surface area contributed by atoms with Gasteiger partial charge in [-0.1, -0.05) is 6.42 Å². The van der Waals surface area contributed by atoms with Gasteiger partial charge in [-0.2, -0.15) is 0 Å². The quantitative estimate of drug-likeness (QED) is 0.792. The highest BCUT2D eigenvalue weighted by atomic mass is 16.2. The minimum Gasteiger partial charge on any atom is -0.324 e. The standard InChI is InChI=1S/C12H17N3O/c1-9-8-13-7-5-10(9)15-12(16)11-4-2-3-6-14-11/h5,7-8,11,14H,2-4,6H2,1H3,(H,13,15,16)/t11-/m1/s1. The third kappa shape index (κ3) is 2.58. The molecule has 1 aromatic heterocycles. The van der Waals surface area contributed by atoms with E-state index in [-0.39, 0.29) is 11.9 Å². The van der Waals surface area contributed by atoms with Crippen molar-refractivity contribution in [2.45, 2.75) is 32.2 Å². The van der Waals surface area contributed by atoms with Crippen molar-refractivity contribution in [1.29, 1.82) is 0 Å². The van der Waals surface area contributed by atoms with Gasteiger partial charge in [0.2, 0.25) is 5.91 Å². The van der Waals surface area contributed by atoms with Crippen LogP contribution < -0.4 is 10.6 Å². The summed E-state index contributed by atoms with van der Waals surface area (Å²) >= 11 is 0. The van der Waals surface area contributed by atoms with E-state index in [9.17, 15) is 4.79 Å². The molecule has 1 atom stereocenters. The topological polar surface area (TPSA) is 54.0 Å². The zero-order valence-corrected chi connectivity index (χ0v) is 9.49. The Morgan fingerprint density at radius 3 is 3.12 bits per heavy atom. The average Bonchev–Trinajstić information content (AvgIpc) is 2.33. The van der Waals surface area contributed by atoms with E-state index >= 15 is 0 Å². The van der Waals surface area contributed by atoms with Gasteiger partial charge in [0.05, 0.1) is 6.04 Å². The number of anilines is 1. The normalized spacial score (nSPS) is 20.4. The second-order valence-corrected chi connectivity index (χ2v) is 4.18. The highest BCUT2D eigenvalue weighted by molar-refractivity contribution is 5.95. The molecule has 0 radical (unpaired) electrons. The van der Waals surface area contributed by atoms with Gasteiger partial charge in [0.1, 0.15) is 0 Å². The van der Waals surface area contributed by atoms with Gasteiger partial charge in [-0.3, -0.25) is 9.78 Å². The van der Waals surface area contributed by atoms with Gasteiger partial charge in [0.15, 0.2) is 0 Å². The van der Waals surface area contributed by atoms with Crippen LogP contribution in [0.15, 0.2) is 18.5 Å². The molecule has 1 saturated heterocycles. The van der Waals surface area contributed by atoms with E-state index in [0.717, 1.165) is 37.1 Å². The van der Waals surface area contributed by atoms with Crippen molar-refractivity contribution in [3.05, 3.63) is 24.0 Å². The number of nitrogens with one attached hydrogen (secondary N) is 2. The first-order valence-electron chi connectivity index (χ1n) is 5.72. The summed E-state index contributed by atoms with van der Waals surface area (Å²) < 4.78 is 0. The van der Waals surface area contributed by atoms with Gasteiger partial charge < -0.3 is 10.6 Å². The van der Waals surface area contributed by atoms with Crippen LogP contribution in [0, 0.1) is 6.92 Å². The number of rotatable bonds is 2. The van der Waals surface area contributed by atoms with Crippen molar-refractivity contribution < 1.29 is 4.79 Å². The first-order chi connectivity index (χ1) is 7.77. The lowest BCUT2D eigenvalue weighted by molar-refractivity contribution is -0.118. The van der Waals surface area contributed by atoms with E-state index in [1.165, 1.54) is 0 Å². The summed E-state index contributed by atoms with van der Waals surface area (Å²) in [5, 5.41) is 6.17. The molecule has 0 unspecified atom stereocenters. The Bertz CT molecular complexity index is 372. The van der Waals surface area contributed by atoms with Crippen LogP contribution in [0.2, 0.25) is 0 Å². The number of aryl methyl sites for hydroxylation is 1. The molecule has 1 aliphatic rings. The van der Waals surface area contributed by atoms with Crippen molar-refractivity contribution in [2.75, 3.05) is 11.9 Å². The maximum absolute atomic E-state index is 11.9. The molecule has 86 valence electrons. The number of pyridine rings is 1. The fraction of sp³-hybridized carbons (Fsp3) is 0.500. The van der Waals surface area contributed by atoms with Gasteiger partial charge in [0, 0.05) is 18.1 Å². The molecule has 0 aliphatic carbocycles. The SMILES string of the molecule is Cc1cnccc1NC(=O)[C@H]1CCCCN1. The summed E-state index contributed by atoms with van der Waals surface area (Å²) in [5.41, 5.74) is 1.85. The predicted octanol–water partition coefficient (Wildman–Crippen LogP) is 1.47. The highest BCUT2D eigenvalue weighted by Gasteiger charge is 2.20. The van der Waals surface area contributed by atoms with E-state index in [1.54, 1.807) is 12.4 Å². The summed E-state index contributed by atoms with van der Waals surface area (Å²) in [6, 6.07) is 1.79. The molecule has 16 heavy (non-hydrogen) atoms. The van der Waals surface area contributed by atoms with Crippen LogP contribution >= 0.6 is 0 Å². The van der Waals surface area contributed by atoms with Gasteiger partial charge in [-0.15, -0.1) is 0 Å². The second-order valence-electron chi connectivity index (χ2n) is 4.18. The van der Waals surface area contributed by atoms with Gasteiger partial charge >= 0.3 is 0 Å². The Balaban J connectivity index is 1.99. The zero-order chi connectivity index (χ0) is 11.4. The van der Waals surface area contributed by atoms with Crippen molar-refractivity contribution in [2.24, 2.45) is 0 Å². The number of hydrogen-bond acceptors (Lipinski definition) is 3. The minimum atomic E-state index is -0.0404. The highest BCUT2D eigenvalue weighted by Crippen LogP contribution is 2.14. The predicted molar refractivity (Wildman–Crippen MR) is 63.2 cm³/mol. The molecule has 4 heteroatoms. The molecule has 0 spiro atoms. The van der Waals surface area contributed by atoms with Crippen molar-refractivity contribution in [3.63, 3.8) is 0 Å². The molecular weight excluding hydrogens is 202 g/mol. The third-order valence-electron chi connectivity index (χ3n) is 2.90. The van der Waals surface area contributed by atoms with Crippen molar-refractivity contribution >= 4 is 11.6 Å². The van der Waals surface area contributed by atoms with E-state index in [2.05, 4.69) is 15.6 Å². The largest absolute Gasteiger partial charge is 0.324 e. The number of amides is 1. The van der Waals surface area contributed by atoms with Crippen molar-refractivity contribution in [3.8, 4) is 0 Å². The Kier molecular flexibility index (Phi) is 3.51. The van der Waals surface area contributed by atoms with Crippen molar-refractivity contribution in [1.82, 2.24) is 10.3 Å². The van der Waals surface area contributed by atoms with E-state index < -0.39 is 0 Å². The number of piperidine rings is 1. The van der Waals surface area contributed by atoms with E-state index in [4.69, 9.17) is 0 Å². The lowest BCUT2D eigenvalue weighted by Crippen LogP contribution is -2.43. The summed E-state index contributed by atoms with van der Waals surface area (Å²) in [4.78, 5) is 15.9. The lowest BCUT2D eigenvalue weighted by atomic mass is 10.0. The minimum absolute atomic E-state index is 0.0404. The second kappa shape index (κ2) is 5.07. The summed E-state index contributed by atoms with van der Waals surface area (Å²) in [7, 11) is 0. The first kappa shape index (κ1) is 11.1. The first-order valence-corrected chi connectivity index (χ1v) is 5.72. The molecule has 4 nitrogen and oxygen atoms in total. The fourth-order valence-corrected chi connectivity index (χ4v) is 1.91. The number of carbonyl (C=O) groups excluding carboxylic acids is 1. The van der Waals surface area contributed by atoms with E-state index in [0.29, 0.717) is 0 Å². The van der Waals surface area contributed by atoms with Gasteiger partial charge in [-0.25, -0.2) is 0 Å². The molecule has 1 fully saturated rings.